The van der Waals surface area contributed by atoms with Gasteiger partial charge >= 0.3 is 13.8 Å². The summed E-state index contributed by atoms with van der Waals surface area (Å²) in [4.78, 5) is 30.7. The Balaban J connectivity index is 1.75. The fourth-order valence-electron chi connectivity index (χ4n) is 2.76. The third-order valence-electron chi connectivity index (χ3n) is 3.84. The molecule has 0 spiro atoms. The largest absolute Gasteiger partial charge is 0.473 e. The Morgan fingerprint density at radius 2 is 2.24 bits per heavy atom. The molecule has 4 N–H and O–H groups in total. The van der Waals surface area contributed by atoms with Crippen LogP contribution < -0.4 is 5.73 Å². The van der Waals surface area contributed by atoms with Crippen LogP contribution in [0.3, 0.4) is 0 Å². The smallest absolute Gasteiger partial charge is 0.390 e. The molecule has 0 saturated carbocycles. The van der Waals surface area contributed by atoms with Gasteiger partial charge in [-0.3, -0.25) is 13.6 Å². The second-order valence-electron chi connectivity index (χ2n) is 5.38. The van der Waals surface area contributed by atoms with Crippen LogP contribution >= 0.6 is 7.82 Å². The molecule has 2 aliphatic heterocycles. The average Bonchev–Trinajstić information content (AvgIpc) is 3.09. The van der Waals surface area contributed by atoms with Gasteiger partial charge in [-0.05, 0) is 14.9 Å². The molecule has 2 fully saturated rings. The lowest BCUT2D eigenvalue weighted by atomic mass is 10.1. The molecule has 0 amide bonds. The van der Waals surface area contributed by atoms with Crippen LogP contribution in [0.5, 0.6) is 0 Å². The Morgan fingerprint density at radius 3 is 2.96 bits per heavy atom. The highest BCUT2D eigenvalue weighted by Crippen LogP contribution is 2.52. The SMILES string of the molecule is Nc1nc([N+](=O)[O-])nc2c1ncn2C1OC2COP(=O)(O)OC2C1O. The number of imidazole rings is 1. The quantitative estimate of drug-likeness (QED) is 0.333. The van der Waals surface area contributed by atoms with Crippen LogP contribution in [0.4, 0.5) is 11.8 Å². The van der Waals surface area contributed by atoms with Gasteiger partial charge in [0.1, 0.15) is 24.6 Å². The fourth-order valence-corrected chi connectivity index (χ4v) is 3.72. The summed E-state index contributed by atoms with van der Waals surface area (Å²) in [5.41, 5.74) is 5.70. The number of fused-ring (bicyclic) bond motifs is 2. The zero-order valence-electron chi connectivity index (χ0n) is 12.2. The van der Waals surface area contributed by atoms with Gasteiger partial charge in [-0.15, -0.1) is 0 Å². The lowest BCUT2D eigenvalue weighted by molar-refractivity contribution is -0.394. The maximum Gasteiger partial charge on any atom is 0.473 e. The number of nitrogens with two attached hydrogens (primary N) is 1. The number of phosphoric acid groups is 1. The zero-order chi connectivity index (χ0) is 17.9. The number of aromatic nitrogens is 4. The van der Waals surface area contributed by atoms with Gasteiger partial charge < -0.3 is 30.6 Å². The van der Waals surface area contributed by atoms with Crippen molar-refractivity contribution in [1.29, 1.82) is 0 Å². The number of hydrogen-bond acceptors (Lipinski definition) is 11. The van der Waals surface area contributed by atoms with E-state index in [1.165, 1.54) is 10.9 Å². The Kier molecular flexibility index (Phi) is 3.50. The Bertz CT molecular complexity index is 918. The number of phosphoric ester groups is 1. The van der Waals surface area contributed by atoms with E-state index in [9.17, 15) is 24.7 Å². The minimum Gasteiger partial charge on any atom is -0.390 e. The van der Waals surface area contributed by atoms with Crippen LogP contribution in [0.15, 0.2) is 6.33 Å². The first-order valence-electron chi connectivity index (χ1n) is 6.90. The highest BCUT2D eigenvalue weighted by molar-refractivity contribution is 7.47. The van der Waals surface area contributed by atoms with Crippen molar-refractivity contribution >= 4 is 30.8 Å². The molecule has 15 heteroatoms. The molecule has 0 aliphatic carbocycles. The normalized spacial score (nSPS) is 35.0. The van der Waals surface area contributed by atoms with Crippen molar-refractivity contribution in [3.63, 3.8) is 0 Å². The van der Waals surface area contributed by atoms with Crippen molar-refractivity contribution in [1.82, 2.24) is 19.5 Å². The van der Waals surface area contributed by atoms with Crippen LogP contribution in [-0.4, -0.2) is 59.4 Å². The Morgan fingerprint density at radius 1 is 1.48 bits per heavy atom. The van der Waals surface area contributed by atoms with E-state index in [-0.39, 0.29) is 23.6 Å². The summed E-state index contributed by atoms with van der Waals surface area (Å²) in [5.74, 6) is -0.948. The number of rotatable bonds is 2. The van der Waals surface area contributed by atoms with Gasteiger partial charge in [0.05, 0.1) is 6.61 Å². The number of nitrogen functional groups attached to an aromatic ring is 1. The molecule has 134 valence electrons. The van der Waals surface area contributed by atoms with E-state index in [1.807, 2.05) is 0 Å². The summed E-state index contributed by atoms with van der Waals surface area (Å²) in [7, 11) is -4.27. The maximum absolute atomic E-state index is 11.5. The molecule has 14 nitrogen and oxygen atoms in total. The molecule has 4 heterocycles. The third-order valence-corrected chi connectivity index (χ3v) is 4.83. The van der Waals surface area contributed by atoms with E-state index in [4.69, 9.17) is 15.0 Å². The molecule has 25 heavy (non-hydrogen) atoms. The summed E-state index contributed by atoms with van der Waals surface area (Å²) < 4.78 is 27.8. The van der Waals surface area contributed by atoms with Gasteiger partial charge in [-0.25, -0.2) is 9.55 Å². The summed E-state index contributed by atoms with van der Waals surface area (Å²) >= 11 is 0. The van der Waals surface area contributed by atoms with Gasteiger partial charge in [0.25, 0.3) is 0 Å². The summed E-state index contributed by atoms with van der Waals surface area (Å²) in [5, 5.41) is 21.3. The minimum absolute atomic E-state index is 0.0324. The first-order valence-corrected chi connectivity index (χ1v) is 8.40. The van der Waals surface area contributed by atoms with E-state index in [0.717, 1.165) is 0 Å². The molecule has 5 unspecified atom stereocenters. The molecule has 0 aromatic carbocycles. The predicted octanol–water partition coefficient (Wildman–Crippen LogP) is -0.909. The van der Waals surface area contributed by atoms with Crippen molar-refractivity contribution in [2.75, 3.05) is 12.3 Å². The molecule has 2 aliphatic rings. The first-order chi connectivity index (χ1) is 11.8. The van der Waals surface area contributed by atoms with Crippen molar-refractivity contribution in [2.45, 2.75) is 24.5 Å². The van der Waals surface area contributed by atoms with Crippen LogP contribution in [-0.2, 0) is 18.3 Å². The Hall–Kier alpha value is -2.22. The monoisotopic (exact) mass is 374 g/mol. The van der Waals surface area contributed by atoms with E-state index in [2.05, 4.69) is 19.5 Å². The van der Waals surface area contributed by atoms with E-state index in [0.29, 0.717) is 0 Å². The average molecular weight is 374 g/mol. The number of nitro groups is 1. The molecule has 0 radical (unpaired) electrons. The second kappa shape index (κ2) is 5.39. The predicted molar refractivity (Wildman–Crippen MR) is 77.0 cm³/mol. The van der Waals surface area contributed by atoms with Crippen molar-refractivity contribution < 1.29 is 33.3 Å². The number of anilines is 1. The molecule has 2 aromatic heterocycles. The number of aliphatic hydroxyl groups excluding tert-OH is 1. The topological polar surface area (TPSA) is 198 Å². The summed E-state index contributed by atoms with van der Waals surface area (Å²) in [6.45, 7) is -0.268. The standard InChI is InChI=1S/C10H11N6O8P/c11-7-4-8(14-10(13-7)16(18)19)15(2-12-4)9-5(17)6-3(23-9)1-22-25(20,21)24-6/h2-3,5-6,9,17H,1H2,(H,20,21)(H2,11,13,14). The van der Waals surface area contributed by atoms with Crippen LogP contribution in [0.2, 0.25) is 0 Å². The van der Waals surface area contributed by atoms with E-state index < -0.39 is 43.2 Å². The van der Waals surface area contributed by atoms with E-state index >= 15 is 0 Å². The Labute approximate surface area is 137 Å². The van der Waals surface area contributed by atoms with Crippen LogP contribution in [0.25, 0.3) is 11.2 Å². The van der Waals surface area contributed by atoms with E-state index in [1.54, 1.807) is 0 Å². The fraction of sp³-hybridized carbons (Fsp3) is 0.500. The summed E-state index contributed by atoms with van der Waals surface area (Å²) in [6, 6.07) is 0. The highest BCUT2D eigenvalue weighted by Gasteiger charge is 2.53. The number of ether oxygens (including phenoxy) is 1. The molecular weight excluding hydrogens is 363 g/mol. The van der Waals surface area contributed by atoms with Gasteiger partial charge in [-0.1, -0.05) is 0 Å². The maximum atomic E-state index is 11.5. The van der Waals surface area contributed by atoms with Gasteiger partial charge in [-0.2, -0.15) is 0 Å². The minimum atomic E-state index is -4.27. The molecule has 4 rings (SSSR count). The van der Waals surface area contributed by atoms with Gasteiger partial charge in [0.15, 0.2) is 11.7 Å². The highest BCUT2D eigenvalue weighted by atomic mass is 31.2. The molecule has 5 atom stereocenters. The lowest BCUT2D eigenvalue weighted by Crippen LogP contribution is -2.39. The molecule has 0 bridgehead atoms. The van der Waals surface area contributed by atoms with Crippen molar-refractivity contribution in [3.8, 4) is 0 Å². The van der Waals surface area contributed by atoms with Crippen LogP contribution in [0, 0.1) is 10.1 Å². The number of aliphatic hydroxyl groups is 1. The van der Waals surface area contributed by atoms with Crippen molar-refractivity contribution in [2.24, 2.45) is 0 Å². The number of hydrogen-bond donors (Lipinski definition) is 3. The lowest BCUT2D eigenvalue weighted by Gasteiger charge is -2.27. The van der Waals surface area contributed by atoms with Crippen LogP contribution in [0.1, 0.15) is 6.23 Å². The molecule has 2 saturated heterocycles. The molecular formula is C10H11N6O8P. The zero-order valence-corrected chi connectivity index (χ0v) is 13.1. The van der Waals surface area contributed by atoms with Crippen molar-refractivity contribution in [3.05, 3.63) is 16.4 Å². The third kappa shape index (κ3) is 2.55. The van der Waals surface area contributed by atoms with Gasteiger partial charge in [0, 0.05) is 0 Å². The second-order valence-corrected chi connectivity index (χ2v) is 6.79. The summed E-state index contributed by atoms with van der Waals surface area (Å²) in [6.07, 6.45) is -3.23. The molecule has 2 aromatic rings. The first kappa shape index (κ1) is 16.3. The number of nitrogens with zero attached hydrogens (tertiary/aromatic N) is 5. The van der Waals surface area contributed by atoms with Gasteiger partial charge in [0.2, 0.25) is 11.5 Å².